The summed E-state index contributed by atoms with van der Waals surface area (Å²) in [6.45, 7) is 4.15. The molecule has 0 aromatic carbocycles. The Morgan fingerprint density at radius 3 is 2.50 bits per heavy atom. The summed E-state index contributed by atoms with van der Waals surface area (Å²) >= 11 is 0. The molecule has 10 heavy (non-hydrogen) atoms. The van der Waals surface area contributed by atoms with Crippen molar-refractivity contribution in [3.63, 3.8) is 0 Å². The molecule has 58 valence electrons. The lowest BCUT2D eigenvalue weighted by Crippen LogP contribution is -2.31. The number of carbonyl (C=O) groups is 1. The lowest BCUT2D eigenvalue weighted by atomic mass is 9.87. The predicted molar refractivity (Wildman–Crippen MR) is 40.3 cm³/mol. The Morgan fingerprint density at radius 1 is 1.70 bits per heavy atom. The lowest BCUT2D eigenvalue weighted by molar-refractivity contribution is -0.126. The van der Waals surface area contributed by atoms with E-state index in [1.54, 1.807) is 0 Å². The van der Waals surface area contributed by atoms with Gasteiger partial charge >= 0.3 is 0 Å². The molecule has 0 saturated heterocycles. The van der Waals surface area contributed by atoms with Crippen LogP contribution in [-0.2, 0) is 4.79 Å². The van der Waals surface area contributed by atoms with Gasteiger partial charge in [0.1, 0.15) is 0 Å². The van der Waals surface area contributed by atoms with Gasteiger partial charge in [0, 0.05) is 5.41 Å². The Kier molecular flexibility index (Phi) is 1.71. The van der Waals surface area contributed by atoms with E-state index in [2.05, 4.69) is 6.92 Å². The second kappa shape index (κ2) is 2.26. The van der Waals surface area contributed by atoms with Crippen molar-refractivity contribution in [1.29, 1.82) is 0 Å². The first-order valence-electron chi connectivity index (χ1n) is 3.84. The van der Waals surface area contributed by atoms with E-state index in [4.69, 9.17) is 5.73 Å². The molecule has 0 bridgehead atoms. The zero-order valence-corrected chi connectivity index (χ0v) is 6.68. The van der Waals surface area contributed by atoms with Gasteiger partial charge in [-0.2, -0.15) is 0 Å². The van der Waals surface area contributed by atoms with Crippen molar-refractivity contribution in [1.82, 2.24) is 0 Å². The minimum absolute atomic E-state index is 0.128. The van der Waals surface area contributed by atoms with E-state index >= 15 is 0 Å². The highest BCUT2D eigenvalue weighted by atomic mass is 16.1. The quantitative estimate of drug-likeness (QED) is 0.587. The van der Waals surface area contributed by atoms with Crippen LogP contribution in [0.5, 0.6) is 0 Å². The van der Waals surface area contributed by atoms with Crippen molar-refractivity contribution in [3.8, 4) is 0 Å². The van der Waals surface area contributed by atoms with Crippen LogP contribution in [0.1, 0.15) is 33.1 Å². The summed E-state index contributed by atoms with van der Waals surface area (Å²) < 4.78 is 0. The highest BCUT2D eigenvalue weighted by molar-refractivity contribution is 5.80. The van der Waals surface area contributed by atoms with Crippen molar-refractivity contribution in [2.45, 2.75) is 33.1 Å². The molecule has 0 spiro atoms. The van der Waals surface area contributed by atoms with Gasteiger partial charge in [0.2, 0.25) is 5.91 Å². The molecule has 1 fully saturated rings. The molecule has 1 rings (SSSR count). The smallest absolute Gasteiger partial charge is 0.223 e. The largest absolute Gasteiger partial charge is 0.369 e. The Morgan fingerprint density at radius 2 is 2.30 bits per heavy atom. The fourth-order valence-electron chi connectivity index (χ4n) is 1.76. The highest BCUT2D eigenvalue weighted by Crippen LogP contribution is 2.40. The number of primary amides is 1. The number of rotatable bonds is 1. The summed E-state index contributed by atoms with van der Waals surface area (Å²) in [5.41, 5.74) is 5.06. The molecule has 2 atom stereocenters. The Labute approximate surface area is 61.8 Å². The first-order valence-corrected chi connectivity index (χ1v) is 3.84. The van der Waals surface area contributed by atoms with Gasteiger partial charge in [0.05, 0.1) is 0 Å². The van der Waals surface area contributed by atoms with Crippen molar-refractivity contribution in [3.05, 3.63) is 0 Å². The molecular formula is C8H15NO. The first kappa shape index (κ1) is 7.58. The van der Waals surface area contributed by atoms with Gasteiger partial charge in [0.15, 0.2) is 0 Å². The van der Waals surface area contributed by atoms with Gasteiger partial charge in [-0.1, -0.05) is 13.8 Å². The van der Waals surface area contributed by atoms with Gasteiger partial charge < -0.3 is 5.73 Å². The summed E-state index contributed by atoms with van der Waals surface area (Å²) in [4.78, 5) is 10.9. The second-order valence-electron chi connectivity index (χ2n) is 3.77. The standard InChI is InChI=1S/C8H15NO/c1-6-3-4-8(2,5-6)7(9)10/h6H,3-5H2,1-2H3,(H2,9,10). The maximum atomic E-state index is 10.9. The number of nitrogens with two attached hydrogens (primary N) is 1. The third kappa shape index (κ3) is 1.15. The number of amides is 1. The van der Waals surface area contributed by atoms with Crippen LogP contribution in [0.3, 0.4) is 0 Å². The summed E-state index contributed by atoms with van der Waals surface area (Å²) in [5, 5.41) is 0. The normalized spacial score (nSPS) is 40.0. The van der Waals surface area contributed by atoms with Gasteiger partial charge in [0.25, 0.3) is 0 Å². The van der Waals surface area contributed by atoms with Gasteiger partial charge in [-0.25, -0.2) is 0 Å². The zero-order valence-electron chi connectivity index (χ0n) is 6.68. The molecule has 1 aliphatic carbocycles. The third-order valence-electron chi connectivity index (χ3n) is 2.58. The maximum absolute atomic E-state index is 10.9. The molecule has 0 radical (unpaired) electrons. The zero-order chi connectivity index (χ0) is 7.78. The SMILES string of the molecule is CC1CCC(C)(C(N)=O)C1. The Balaban J connectivity index is 2.63. The average Bonchev–Trinajstić information content (AvgIpc) is 2.13. The molecule has 0 heterocycles. The highest BCUT2D eigenvalue weighted by Gasteiger charge is 2.37. The van der Waals surface area contributed by atoms with Crippen molar-refractivity contribution >= 4 is 5.91 Å². The Hall–Kier alpha value is -0.530. The number of carbonyl (C=O) groups excluding carboxylic acids is 1. The molecule has 0 aliphatic heterocycles. The second-order valence-corrected chi connectivity index (χ2v) is 3.77. The topological polar surface area (TPSA) is 43.1 Å². The van der Waals surface area contributed by atoms with E-state index < -0.39 is 0 Å². The van der Waals surface area contributed by atoms with Crippen LogP contribution in [0.25, 0.3) is 0 Å². The molecule has 1 aliphatic rings. The lowest BCUT2D eigenvalue weighted by Gasteiger charge is -2.18. The third-order valence-corrected chi connectivity index (χ3v) is 2.58. The van der Waals surface area contributed by atoms with E-state index in [0.29, 0.717) is 5.92 Å². The number of hydrogen-bond acceptors (Lipinski definition) is 1. The summed E-state index contributed by atoms with van der Waals surface area (Å²) in [5.74, 6) is 0.550. The van der Waals surface area contributed by atoms with E-state index in [0.717, 1.165) is 19.3 Å². The molecular weight excluding hydrogens is 126 g/mol. The fourth-order valence-corrected chi connectivity index (χ4v) is 1.76. The van der Waals surface area contributed by atoms with Crippen LogP contribution in [-0.4, -0.2) is 5.91 Å². The van der Waals surface area contributed by atoms with Crippen molar-refractivity contribution in [2.75, 3.05) is 0 Å². The van der Waals surface area contributed by atoms with E-state index in [1.165, 1.54) is 0 Å². The fraction of sp³-hybridized carbons (Fsp3) is 0.875. The van der Waals surface area contributed by atoms with E-state index in [-0.39, 0.29) is 11.3 Å². The molecule has 2 heteroatoms. The van der Waals surface area contributed by atoms with E-state index in [9.17, 15) is 4.79 Å². The first-order chi connectivity index (χ1) is 4.54. The molecule has 2 N–H and O–H groups in total. The summed E-state index contributed by atoms with van der Waals surface area (Å²) in [6, 6.07) is 0. The van der Waals surface area contributed by atoms with Gasteiger partial charge in [-0.15, -0.1) is 0 Å². The van der Waals surface area contributed by atoms with E-state index in [1.807, 2.05) is 6.92 Å². The van der Waals surface area contributed by atoms with Crippen LogP contribution in [0.15, 0.2) is 0 Å². The van der Waals surface area contributed by atoms with Crippen LogP contribution in [0.4, 0.5) is 0 Å². The van der Waals surface area contributed by atoms with Crippen molar-refractivity contribution in [2.24, 2.45) is 17.1 Å². The van der Waals surface area contributed by atoms with Crippen LogP contribution < -0.4 is 5.73 Å². The molecule has 0 aromatic rings. The summed E-state index contributed by atoms with van der Waals surface area (Å²) in [7, 11) is 0. The molecule has 1 amide bonds. The van der Waals surface area contributed by atoms with Gasteiger partial charge in [-0.05, 0) is 25.2 Å². The molecule has 2 unspecified atom stereocenters. The van der Waals surface area contributed by atoms with Crippen LogP contribution in [0.2, 0.25) is 0 Å². The number of hydrogen-bond donors (Lipinski definition) is 1. The van der Waals surface area contributed by atoms with Crippen molar-refractivity contribution < 1.29 is 4.79 Å². The summed E-state index contributed by atoms with van der Waals surface area (Å²) in [6.07, 6.45) is 3.10. The maximum Gasteiger partial charge on any atom is 0.223 e. The van der Waals surface area contributed by atoms with Crippen LogP contribution in [0, 0.1) is 11.3 Å². The Bertz CT molecular complexity index is 155. The molecule has 1 saturated carbocycles. The van der Waals surface area contributed by atoms with Crippen LogP contribution >= 0.6 is 0 Å². The predicted octanol–water partition coefficient (Wildman–Crippen LogP) is 1.30. The molecule has 0 aromatic heterocycles. The average molecular weight is 141 g/mol. The minimum atomic E-state index is -0.195. The minimum Gasteiger partial charge on any atom is -0.369 e. The monoisotopic (exact) mass is 141 g/mol. The van der Waals surface area contributed by atoms with Gasteiger partial charge in [-0.3, -0.25) is 4.79 Å². The molecule has 2 nitrogen and oxygen atoms in total.